The van der Waals surface area contributed by atoms with Crippen LogP contribution in [0.2, 0.25) is 0 Å². The van der Waals surface area contributed by atoms with Crippen LogP contribution in [0, 0.1) is 0 Å². The Kier molecular flexibility index (Phi) is 7.63. The van der Waals surface area contributed by atoms with Gasteiger partial charge in [-0.15, -0.1) is 16.4 Å². The van der Waals surface area contributed by atoms with E-state index < -0.39 is 37.1 Å². The van der Waals surface area contributed by atoms with E-state index in [9.17, 15) is 25.2 Å². The first-order chi connectivity index (χ1) is 14.3. The first-order valence-electron chi connectivity index (χ1n) is 9.57. The highest BCUT2D eigenvalue weighted by atomic mass is 32.1. The molecule has 2 aromatic heterocycles. The molecular weight excluding hydrogens is 416 g/mol. The quantitative estimate of drug-likeness (QED) is 0.358. The molecule has 4 N–H and O–H groups in total. The summed E-state index contributed by atoms with van der Waals surface area (Å²) in [6.45, 7) is 3.49. The highest BCUT2D eigenvalue weighted by Crippen LogP contribution is 2.25. The molecule has 0 spiro atoms. The molecule has 0 aromatic carbocycles. The van der Waals surface area contributed by atoms with Gasteiger partial charge >= 0.3 is 0 Å². The molecule has 2 aromatic rings. The van der Waals surface area contributed by atoms with Crippen LogP contribution in [0.15, 0.2) is 12.4 Å². The second kappa shape index (κ2) is 10.0. The van der Waals surface area contributed by atoms with Crippen LogP contribution in [0.4, 0.5) is 0 Å². The van der Waals surface area contributed by atoms with E-state index in [1.165, 1.54) is 6.20 Å². The van der Waals surface area contributed by atoms with Crippen LogP contribution >= 0.6 is 11.3 Å². The van der Waals surface area contributed by atoms with Gasteiger partial charge in [0.2, 0.25) is 0 Å². The zero-order valence-electron chi connectivity index (χ0n) is 16.7. The number of aliphatic hydroxyl groups excluding tert-OH is 4. The highest BCUT2D eigenvalue weighted by Gasteiger charge is 2.43. The maximum Gasteiger partial charge on any atom is 0.200 e. The fourth-order valence-electron chi connectivity index (χ4n) is 3.00. The molecule has 0 bridgehead atoms. The van der Waals surface area contributed by atoms with Crippen molar-refractivity contribution in [2.45, 2.75) is 63.4 Å². The van der Waals surface area contributed by atoms with E-state index in [0.29, 0.717) is 15.6 Å². The van der Waals surface area contributed by atoms with Crippen molar-refractivity contribution in [1.29, 1.82) is 0 Å². The number of aliphatic hydroxyl groups is 4. The topological polar surface area (TPSA) is 160 Å². The predicted octanol–water partition coefficient (Wildman–Crippen LogP) is -0.900. The molecule has 5 atom stereocenters. The van der Waals surface area contributed by atoms with E-state index in [1.54, 1.807) is 10.9 Å². The van der Waals surface area contributed by atoms with Crippen LogP contribution in [-0.2, 0) is 22.5 Å². The summed E-state index contributed by atoms with van der Waals surface area (Å²) in [6.07, 6.45) is -2.72. The Morgan fingerprint density at radius 3 is 2.67 bits per heavy atom. The molecule has 11 nitrogen and oxygen atoms in total. The SMILES string of the molecule is CC(C)n1cc(COCC(=O)c2cnc(CC3OC(CO)C(O)C(O)C3O)s2)nn1. The Hall–Kier alpha value is -1.80. The van der Waals surface area contributed by atoms with Gasteiger partial charge in [-0.2, -0.15) is 0 Å². The number of Topliss-reactive ketones (excluding diaryl/α,β-unsaturated/α-hetero) is 1. The van der Waals surface area contributed by atoms with Gasteiger partial charge < -0.3 is 29.9 Å². The van der Waals surface area contributed by atoms with Crippen molar-refractivity contribution in [1.82, 2.24) is 20.0 Å². The highest BCUT2D eigenvalue weighted by molar-refractivity contribution is 7.13. The third kappa shape index (κ3) is 5.27. The molecule has 0 amide bonds. The largest absolute Gasteiger partial charge is 0.394 e. The number of thiazole rings is 1. The summed E-state index contributed by atoms with van der Waals surface area (Å²) in [5, 5.41) is 47.6. The molecule has 1 aliphatic heterocycles. The first-order valence-corrected chi connectivity index (χ1v) is 10.4. The number of carbonyl (C=O) groups is 1. The lowest BCUT2D eigenvalue weighted by Gasteiger charge is -2.39. The zero-order chi connectivity index (χ0) is 21.8. The van der Waals surface area contributed by atoms with E-state index >= 15 is 0 Å². The average molecular weight is 442 g/mol. The Bertz CT molecular complexity index is 840. The van der Waals surface area contributed by atoms with Gasteiger partial charge in [0.05, 0.1) is 35.4 Å². The van der Waals surface area contributed by atoms with Crippen LogP contribution in [0.1, 0.15) is 40.3 Å². The summed E-state index contributed by atoms with van der Waals surface area (Å²) in [6, 6.07) is 0.187. The van der Waals surface area contributed by atoms with Crippen molar-refractivity contribution in [3.05, 3.63) is 28.0 Å². The summed E-state index contributed by atoms with van der Waals surface area (Å²) in [5.41, 5.74) is 0.629. The number of hydrogen-bond donors (Lipinski definition) is 4. The van der Waals surface area contributed by atoms with Crippen LogP contribution in [0.25, 0.3) is 0 Å². The van der Waals surface area contributed by atoms with Crippen molar-refractivity contribution in [2.24, 2.45) is 0 Å². The molecule has 12 heteroatoms. The summed E-state index contributed by atoms with van der Waals surface area (Å²) < 4.78 is 12.6. The van der Waals surface area contributed by atoms with Crippen LogP contribution in [0.3, 0.4) is 0 Å². The maximum atomic E-state index is 12.3. The number of hydrogen-bond acceptors (Lipinski definition) is 11. The second-order valence-electron chi connectivity index (χ2n) is 7.39. The molecule has 1 saturated heterocycles. The predicted molar refractivity (Wildman–Crippen MR) is 104 cm³/mol. The Balaban J connectivity index is 1.51. The van der Waals surface area contributed by atoms with Crippen molar-refractivity contribution in [3.63, 3.8) is 0 Å². The minimum atomic E-state index is -1.44. The summed E-state index contributed by atoms with van der Waals surface area (Å²) in [7, 11) is 0. The minimum absolute atomic E-state index is 0.124. The van der Waals surface area contributed by atoms with Gasteiger partial charge in [-0.3, -0.25) is 4.79 Å². The van der Waals surface area contributed by atoms with E-state index in [-0.39, 0.29) is 31.5 Å². The minimum Gasteiger partial charge on any atom is -0.394 e. The fourth-order valence-corrected chi connectivity index (χ4v) is 3.89. The zero-order valence-corrected chi connectivity index (χ0v) is 17.5. The van der Waals surface area contributed by atoms with Gasteiger partial charge in [0.15, 0.2) is 5.78 Å². The normalized spacial score (nSPS) is 27.0. The first kappa shape index (κ1) is 22.9. The Labute approximate surface area is 176 Å². The molecule has 166 valence electrons. The van der Waals surface area contributed by atoms with Crippen molar-refractivity contribution in [3.8, 4) is 0 Å². The van der Waals surface area contributed by atoms with E-state index in [2.05, 4.69) is 15.3 Å². The van der Waals surface area contributed by atoms with Gasteiger partial charge in [-0.1, -0.05) is 5.21 Å². The van der Waals surface area contributed by atoms with Crippen LogP contribution in [-0.4, -0.2) is 89.9 Å². The molecule has 3 rings (SSSR count). The van der Waals surface area contributed by atoms with Gasteiger partial charge in [-0.05, 0) is 13.8 Å². The molecule has 0 radical (unpaired) electrons. The molecule has 1 aliphatic rings. The second-order valence-corrected chi connectivity index (χ2v) is 8.50. The lowest BCUT2D eigenvalue weighted by molar-refractivity contribution is -0.228. The maximum absolute atomic E-state index is 12.3. The number of carbonyl (C=O) groups excluding carboxylic acids is 1. The van der Waals surface area contributed by atoms with Crippen molar-refractivity contribution < 1.29 is 34.7 Å². The number of rotatable bonds is 9. The molecule has 0 saturated carbocycles. The Morgan fingerprint density at radius 2 is 2.00 bits per heavy atom. The third-order valence-electron chi connectivity index (χ3n) is 4.77. The van der Waals surface area contributed by atoms with E-state index in [0.717, 1.165) is 11.3 Å². The van der Waals surface area contributed by atoms with Gasteiger partial charge in [0.25, 0.3) is 0 Å². The molecule has 5 unspecified atom stereocenters. The fraction of sp³-hybridized carbons (Fsp3) is 0.667. The average Bonchev–Trinajstić information content (AvgIpc) is 3.38. The van der Waals surface area contributed by atoms with E-state index in [4.69, 9.17) is 9.47 Å². The number of ether oxygens (including phenoxy) is 2. The van der Waals surface area contributed by atoms with E-state index in [1.807, 2.05) is 13.8 Å². The standard InChI is InChI=1S/C18H26N4O7S/c1-9(2)22-5-10(20-21-22)7-28-8-11(24)14-4-19-15(30-14)3-12-16(25)18(27)17(26)13(6-23)29-12/h4-5,9,12-13,16-18,23,25-27H,3,6-8H2,1-2H3. The number of nitrogens with zero attached hydrogens (tertiary/aromatic N) is 4. The molecule has 3 heterocycles. The monoisotopic (exact) mass is 442 g/mol. The summed E-state index contributed by atoms with van der Waals surface area (Å²) in [5.74, 6) is -0.246. The lowest BCUT2D eigenvalue weighted by Crippen LogP contribution is -2.58. The van der Waals surface area contributed by atoms with Crippen molar-refractivity contribution in [2.75, 3.05) is 13.2 Å². The number of ketones is 1. The van der Waals surface area contributed by atoms with Crippen LogP contribution < -0.4 is 0 Å². The molecule has 0 aliphatic carbocycles. The molecule has 1 fully saturated rings. The molecular formula is C18H26N4O7S. The van der Waals surface area contributed by atoms with Gasteiger partial charge in [0.1, 0.15) is 36.7 Å². The van der Waals surface area contributed by atoms with Gasteiger partial charge in [-0.25, -0.2) is 9.67 Å². The lowest BCUT2D eigenvalue weighted by atomic mass is 9.94. The third-order valence-corrected chi connectivity index (χ3v) is 5.83. The van der Waals surface area contributed by atoms with Gasteiger partial charge in [0, 0.05) is 18.7 Å². The summed E-state index contributed by atoms with van der Waals surface area (Å²) in [4.78, 5) is 16.9. The summed E-state index contributed by atoms with van der Waals surface area (Å²) >= 11 is 1.13. The number of aromatic nitrogens is 4. The van der Waals surface area contributed by atoms with Crippen molar-refractivity contribution >= 4 is 17.1 Å². The smallest absolute Gasteiger partial charge is 0.200 e. The van der Waals surface area contributed by atoms with Crippen LogP contribution in [0.5, 0.6) is 0 Å². The molecule has 30 heavy (non-hydrogen) atoms. The Morgan fingerprint density at radius 1 is 1.27 bits per heavy atom.